The van der Waals surface area contributed by atoms with Gasteiger partial charge in [-0.25, -0.2) is 4.79 Å². The van der Waals surface area contributed by atoms with Crippen LogP contribution in [0, 0.1) is 5.41 Å². The first-order valence-electron chi connectivity index (χ1n) is 9.91. The van der Waals surface area contributed by atoms with Crippen LogP contribution < -0.4 is 0 Å². The SMILES string of the molecule is COC1=C(C)C(C)(C=CC(=O)c2ccccc2O)C(OC)C(OC)=C1C(=O)OC(C)C. The molecule has 1 aromatic rings. The molecule has 7 nitrogen and oxygen atoms in total. The van der Waals surface area contributed by atoms with Crippen molar-refractivity contribution in [1.82, 2.24) is 0 Å². The van der Waals surface area contributed by atoms with E-state index in [1.165, 1.54) is 33.5 Å². The summed E-state index contributed by atoms with van der Waals surface area (Å²) in [7, 11) is 4.39. The van der Waals surface area contributed by atoms with Gasteiger partial charge in [-0.3, -0.25) is 4.79 Å². The Hall–Kier alpha value is -3.06. The third-order valence-corrected chi connectivity index (χ3v) is 5.36. The molecule has 31 heavy (non-hydrogen) atoms. The molecule has 0 fully saturated rings. The molecule has 1 aliphatic rings. The Morgan fingerprint density at radius 1 is 1.13 bits per heavy atom. The molecule has 0 radical (unpaired) electrons. The Labute approximate surface area is 182 Å². The number of rotatable bonds is 8. The number of carbonyl (C=O) groups excluding carboxylic acids is 2. The molecule has 1 aromatic carbocycles. The van der Waals surface area contributed by atoms with Gasteiger partial charge < -0.3 is 24.1 Å². The zero-order valence-electron chi connectivity index (χ0n) is 19.0. The second-order valence-electron chi connectivity index (χ2n) is 7.67. The number of esters is 1. The fourth-order valence-electron chi connectivity index (χ4n) is 3.66. The summed E-state index contributed by atoms with van der Waals surface area (Å²) in [6.07, 6.45) is 2.00. The highest BCUT2D eigenvalue weighted by atomic mass is 16.6. The standard InChI is InChI=1S/C24H30O7/c1-14(2)31-23(27)19-20(28-5)15(3)24(4,22(30-7)21(19)29-6)13-12-18(26)16-10-8-9-11-17(16)25/h8-14,22,25H,1-7H3. The zero-order chi connectivity index (χ0) is 23.3. The first kappa shape index (κ1) is 24.2. The van der Waals surface area contributed by atoms with Gasteiger partial charge in [-0.15, -0.1) is 0 Å². The van der Waals surface area contributed by atoms with Crippen LogP contribution in [0.3, 0.4) is 0 Å². The van der Waals surface area contributed by atoms with E-state index in [1.54, 1.807) is 45.0 Å². The molecular formula is C24H30O7. The van der Waals surface area contributed by atoms with Crippen molar-refractivity contribution >= 4 is 11.8 Å². The summed E-state index contributed by atoms with van der Waals surface area (Å²) in [5.74, 6) is -0.499. The number of aromatic hydroxyl groups is 1. The van der Waals surface area contributed by atoms with Gasteiger partial charge >= 0.3 is 5.97 Å². The number of phenols is 1. The van der Waals surface area contributed by atoms with E-state index in [2.05, 4.69) is 0 Å². The zero-order valence-corrected chi connectivity index (χ0v) is 19.0. The summed E-state index contributed by atoms with van der Waals surface area (Å²) < 4.78 is 22.3. The van der Waals surface area contributed by atoms with E-state index in [0.29, 0.717) is 11.3 Å². The molecule has 0 saturated carbocycles. The minimum absolute atomic E-state index is 0.102. The van der Waals surface area contributed by atoms with Crippen LogP contribution in [-0.2, 0) is 23.7 Å². The average molecular weight is 430 g/mol. The van der Waals surface area contributed by atoms with Crippen LogP contribution in [0.4, 0.5) is 0 Å². The maximum atomic E-state index is 12.8. The lowest BCUT2D eigenvalue weighted by molar-refractivity contribution is -0.143. The largest absolute Gasteiger partial charge is 0.507 e. The molecule has 1 N–H and O–H groups in total. The van der Waals surface area contributed by atoms with Gasteiger partial charge in [-0.1, -0.05) is 18.2 Å². The number of benzene rings is 1. The fourth-order valence-corrected chi connectivity index (χ4v) is 3.66. The second-order valence-corrected chi connectivity index (χ2v) is 7.67. The van der Waals surface area contributed by atoms with E-state index in [-0.39, 0.29) is 34.5 Å². The lowest BCUT2D eigenvalue weighted by Crippen LogP contribution is -2.42. The third-order valence-electron chi connectivity index (χ3n) is 5.36. The number of hydrogen-bond acceptors (Lipinski definition) is 7. The van der Waals surface area contributed by atoms with Crippen molar-refractivity contribution in [1.29, 1.82) is 0 Å². The molecule has 0 amide bonds. The highest BCUT2D eigenvalue weighted by Gasteiger charge is 2.47. The molecular weight excluding hydrogens is 400 g/mol. The normalized spacial score (nSPS) is 21.6. The maximum absolute atomic E-state index is 12.8. The highest BCUT2D eigenvalue weighted by Crippen LogP contribution is 2.46. The molecule has 0 saturated heterocycles. The molecule has 0 aliphatic heterocycles. The van der Waals surface area contributed by atoms with Gasteiger partial charge in [-0.05, 0) is 51.5 Å². The average Bonchev–Trinajstić information content (AvgIpc) is 2.73. The molecule has 7 heteroatoms. The second kappa shape index (κ2) is 9.83. The van der Waals surface area contributed by atoms with Crippen molar-refractivity contribution in [2.45, 2.75) is 39.9 Å². The Balaban J connectivity index is 2.59. The van der Waals surface area contributed by atoms with Crippen LogP contribution in [0.25, 0.3) is 0 Å². The highest BCUT2D eigenvalue weighted by molar-refractivity contribution is 6.06. The van der Waals surface area contributed by atoms with Gasteiger partial charge in [0, 0.05) is 12.5 Å². The molecule has 0 spiro atoms. The predicted molar refractivity (Wildman–Crippen MR) is 115 cm³/mol. The number of carbonyl (C=O) groups is 2. The van der Waals surface area contributed by atoms with Crippen LogP contribution in [0.5, 0.6) is 5.75 Å². The van der Waals surface area contributed by atoms with Crippen LogP contribution in [0.15, 0.2) is 59.1 Å². The molecule has 2 rings (SSSR count). The van der Waals surface area contributed by atoms with Crippen molar-refractivity contribution in [3.63, 3.8) is 0 Å². The summed E-state index contributed by atoms with van der Waals surface area (Å²) >= 11 is 0. The van der Waals surface area contributed by atoms with Crippen molar-refractivity contribution in [2.24, 2.45) is 5.41 Å². The Bertz CT molecular complexity index is 939. The minimum Gasteiger partial charge on any atom is -0.507 e. The van der Waals surface area contributed by atoms with E-state index in [1.807, 2.05) is 6.92 Å². The number of allylic oxidation sites excluding steroid dienone is 1. The topological polar surface area (TPSA) is 91.3 Å². The number of para-hydroxylation sites is 1. The molecule has 2 unspecified atom stereocenters. The van der Waals surface area contributed by atoms with Gasteiger partial charge in [0.1, 0.15) is 28.9 Å². The van der Waals surface area contributed by atoms with Crippen molar-refractivity contribution in [3.8, 4) is 5.75 Å². The van der Waals surface area contributed by atoms with Gasteiger partial charge in [0.25, 0.3) is 0 Å². The number of ether oxygens (including phenoxy) is 4. The van der Waals surface area contributed by atoms with E-state index in [9.17, 15) is 14.7 Å². The van der Waals surface area contributed by atoms with Crippen LogP contribution >= 0.6 is 0 Å². The minimum atomic E-state index is -0.882. The lowest BCUT2D eigenvalue weighted by atomic mass is 9.71. The summed E-state index contributed by atoms with van der Waals surface area (Å²) in [5.41, 5.74) is 0.123. The van der Waals surface area contributed by atoms with E-state index >= 15 is 0 Å². The van der Waals surface area contributed by atoms with Crippen LogP contribution in [-0.4, -0.2) is 50.4 Å². The van der Waals surface area contributed by atoms with Crippen molar-refractivity contribution < 1.29 is 33.6 Å². The number of phenolic OH excluding ortho intramolecular Hbond substituents is 1. The van der Waals surface area contributed by atoms with Gasteiger partial charge in [-0.2, -0.15) is 0 Å². The van der Waals surface area contributed by atoms with Crippen molar-refractivity contribution in [2.75, 3.05) is 21.3 Å². The smallest absolute Gasteiger partial charge is 0.345 e. The molecule has 0 bridgehead atoms. The predicted octanol–water partition coefficient (Wildman–Crippen LogP) is 3.94. The first-order chi connectivity index (χ1) is 14.6. The Morgan fingerprint density at radius 3 is 2.29 bits per heavy atom. The lowest BCUT2D eigenvalue weighted by Gasteiger charge is -2.41. The quantitative estimate of drug-likeness (QED) is 0.379. The molecule has 2 atom stereocenters. The summed E-state index contributed by atoms with van der Waals surface area (Å²) in [6, 6.07) is 6.31. The first-order valence-corrected chi connectivity index (χ1v) is 9.91. The fraction of sp³-hybridized carbons (Fsp3) is 0.417. The molecule has 168 valence electrons. The monoisotopic (exact) mass is 430 g/mol. The Kier molecular flexibility index (Phi) is 7.68. The third kappa shape index (κ3) is 4.66. The van der Waals surface area contributed by atoms with E-state index in [4.69, 9.17) is 18.9 Å². The Morgan fingerprint density at radius 2 is 1.77 bits per heavy atom. The maximum Gasteiger partial charge on any atom is 0.345 e. The van der Waals surface area contributed by atoms with Crippen molar-refractivity contribution in [3.05, 3.63) is 64.6 Å². The van der Waals surface area contributed by atoms with E-state index in [0.717, 1.165) is 0 Å². The summed E-state index contributed by atoms with van der Waals surface area (Å²) in [6.45, 7) is 7.16. The number of methoxy groups -OCH3 is 3. The van der Waals surface area contributed by atoms with Crippen LogP contribution in [0.2, 0.25) is 0 Å². The van der Waals surface area contributed by atoms with E-state index < -0.39 is 17.5 Å². The molecule has 0 aromatic heterocycles. The van der Waals surface area contributed by atoms with Gasteiger partial charge in [0.05, 0.1) is 25.9 Å². The summed E-state index contributed by atoms with van der Waals surface area (Å²) in [4.78, 5) is 25.5. The molecule has 1 aliphatic carbocycles. The number of ketones is 1. The number of hydrogen-bond donors (Lipinski definition) is 1. The summed E-state index contributed by atoms with van der Waals surface area (Å²) in [5, 5.41) is 9.97. The molecule has 0 heterocycles. The van der Waals surface area contributed by atoms with Gasteiger partial charge in [0.2, 0.25) is 0 Å². The van der Waals surface area contributed by atoms with Crippen LogP contribution in [0.1, 0.15) is 38.1 Å². The van der Waals surface area contributed by atoms with Gasteiger partial charge in [0.15, 0.2) is 5.78 Å².